The number of aromatic amines is 1. The maximum Gasteiger partial charge on any atom is 0.268 e. The summed E-state index contributed by atoms with van der Waals surface area (Å²) < 4.78 is 0. The third-order valence-corrected chi connectivity index (χ3v) is 5.45. The lowest BCUT2D eigenvalue weighted by Gasteiger charge is -2.19. The van der Waals surface area contributed by atoms with Crippen molar-refractivity contribution in [3.63, 3.8) is 0 Å². The van der Waals surface area contributed by atoms with E-state index in [0.29, 0.717) is 18.5 Å². The SMILES string of the molecule is Cc1c(C(=O)N[C@H](Cc2ccccc2)c2ccccc2)[nH]c2c1C(=O)CCC2. The van der Waals surface area contributed by atoms with Crippen LogP contribution in [0.1, 0.15) is 62.1 Å². The average molecular weight is 372 g/mol. The van der Waals surface area contributed by atoms with Crippen molar-refractivity contribution in [3.8, 4) is 0 Å². The Bertz CT molecular complexity index is 990. The molecule has 0 saturated carbocycles. The molecule has 4 nitrogen and oxygen atoms in total. The van der Waals surface area contributed by atoms with Crippen LogP contribution >= 0.6 is 0 Å². The first kappa shape index (κ1) is 18.2. The molecule has 1 heterocycles. The third kappa shape index (κ3) is 3.63. The minimum atomic E-state index is -0.163. The highest BCUT2D eigenvalue weighted by atomic mass is 16.2. The topological polar surface area (TPSA) is 62.0 Å². The van der Waals surface area contributed by atoms with Gasteiger partial charge in [-0.05, 0) is 42.9 Å². The van der Waals surface area contributed by atoms with Gasteiger partial charge in [0.25, 0.3) is 5.91 Å². The van der Waals surface area contributed by atoms with Crippen molar-refractivity contribution in [1.29, 1.82) is 0 Å². The number of carbonyl (C=O) groups is 2. The van der Waals surface area contributed by atoms with Crippen LogP contribution in [0.4, 0.5) is 0 Å². The first-order valence-corrected chi connectivity index (χ1v) is 9.78. The van der Waals surface area contributed by atoms with E-state index in [1.54, 1.807) is 0 Å². The first-order valence-electron chi connectivity index (χ1n) is 9.78. The van der Waals surface area contributed by atoms with Gasteiger partial charge in [-0.25, -0.2) is 0 Å². The van der Waals surface area contributed by atoms with Gasteiger partial charge >= 0.3 is 0 Å². The van der Waals surface area contributed by atoms with Gasteiger partial charge < -0.3 is 10.3 Å². The van der Waals surface area contributed by atoms with Crippen LogP contribution in [0.15, 0.2) is 60.7 Å². The highest BCUT2D eigenvalue weighted by Crippen LogP contribution is 2.27. The predicted molar refractivity (Wildman–Crippen MR) is 110 cm³/mol. The van der Waals surface area contributed by atoms with E-state index in [1.807, 2.05) is 55.5 Å². The summed E-state index contributed by atoms with van der Waals surface area (Å²) in [6.07, 6.45) is 2.93. The van der Waals surface area contributed by atoms with Crippen LogP contribution in [0, 0.1) is 6.92 Å². The van der Waals surface area contributed by atoms with E-state index >= 15 is 0 Å². The summed E-state index contributed by atoms with van der Waals surface area (Å²) in [5, 5.41) is 3.18. The van der Waals surface area contributed by atoms with Crippen molar-refractivity contribution < 1.29 is 9.59 Å². The number of Topliss-reactive ketones (excluding diaryl/α,β-unsaturated/α-hetero) is 1. The second-order valence-corrected chi connectivity index (χ2v) is 7.38. The van der Waals surface area contributed by atoms with Crippen molar-refractivity contribution in [2.24, 2.45) is 0 Å². The number of aryl methyl sites for hydroxylation is 1. The summed E-state index contributed by atoms with van der Waals surface area (Å²) in [5.74, 6) is -0.0255. The molecule has 1 aromatic heterocycles. The number of benzene rings is 2. The number of rotatable bonds is 5. The second kappa shape index (κ2) is 7.85. The lowest BCUT2D eigenvalue weighted by molar-refractivity contribution is 0.0930. The minimum absolute atomic E-state index is 0.137. The Morgan fingerprint density at radius 3 is 2.39 bits per heavy atom. The van der Waals surface area contributed by atoms with E-state index in [9.17, 15) is 9.59 Å². The quantitative estimate of drug-likeness (QED) is 0.690. The summed E-state index contributed by atoms with van der Waals surface area (Å²) in [5.41, 5.74) is 5.12. The Balaban J connectivity index is 1.62. The van der Waals surface area contributed by atoms with Gasteiger partial charge in [-0.1, -0.05) is 60.7 Å². The number of aromatic nitrogens is 1. The molecular formula is C24H24N2O2. The van der Waals surface area contributed by atoms with Gasteiger partial charge in [0.05, 0.1) is 6.04 Å². The summed E-state index contributed by atoms with van der Waals surface area (Å²) in [4.78, 5) is 28.6. The fraction of sp³-hybridized carbons (Fsp3) is 0.250. The Morgan fingerprint density at radius 2 is 1.71 bits per heavy atom. The maximum atomic E-state index is 13.1. The molecule has 1 amide bonds. The average Bonchev–Trinajstić information content (AvgIpc) is 3.07. The summed E-state index contributed by atoms with van der Waals surface area (Å²) in [6, 6.07) is 20.0. The molecule has 0 saturated heterocycles. The summed E-state index contributed by atoms with van der Waals surface area (Å²) >= 11 is 0. The molecule has 0 unspecified atom stereocenters. The van der Waals surface area contributed by atoms with E-state index in [2.05, 4.69) is 22.4 Å². The van der Waals surface area contributed by atoms with Crippen LogP contribution in [0.25, 0.3) is 0 Å². The second-order valence-electron chi connectivity index (χ2n) is 7.38. The van der Waals surface area contributed by atoms with Crippen LogP contribution in [-0.2, 0) is 12.8 Å². The van der Waals surface area contributed by atoms with Crippen molar-refractivity contribution in [2.45, 2.75) is 38.6 Å². The molecule has 4 heteroatoms. The van der Waals surface area contributed by atoms with Gasteiger partial charge in [0.15, 0.2) is 5.78 Å². The molecule has 0 bridgehead atoms. The van der Waals surface area contributed by atoms with Gasteiger partial charge in [-0.3, -0.25) is 9.59 Å². The van der Waals surface area contributed by atoms with Crippen LogP contribution < -0.4 is 5.32 Å². The van der Waals surface area contributed by atoms with Crippen LogP contribution in [-0.4, -0.2) is 16.7 Å². The molecule has 3 aromatic rings. The summed E-state index contributed by atoms with van der Waals surface area (Å²) in [7, 11) is 0. The van der Waals surface area contributed by atoms with Gasteiger partial charge in [0.1, 0.15) is 5.69 Å². The molecule has 0 fully saturated rings. The lowest BCUT2D eigenvalue weighted by atomic mass is 9.93. The van der Waals surface area contributed by atoms with E-state index in [4.69, 9.17) is 0 Å². The van der Waals surface area contributed by atoms with Gasteiger partial charge in [-0.2, -0.15) is 0 Å². The largest absolute Gasteiger partial charge is 0.354 e. The number of fused-ring (bicyclic) bond motifs is 1. The fourth-order valence-electron chi connectivity index (χ4n) is 4.02. The number of hydrogen-bond acceptors (Lipinski definition) is 2. The molecule has 0 aliphatic heterocycles. The van der Waals surface area contributed by atoms with E-state index in [-0.39, 0.29) is 17.7 Å². The van der Waals surface area contributed by atoms with Crippen LogP contribution in [0.2, 0.25) is 0 Å². The fourth-order valence-corrected chi connectivity index (χ4v) is 4.02. The van der Waals surface area contributed by atoms with E-state index in [0.717, 1.165) is 40.8 Å². The molecule has 142 valence electrons. The monoisotopic (exact) mass is 372 g/mol. The van der Waals surface area contributed by atoms with Gasteiger partial charge in [-0.15, -0.1) is 0 Å². The minimum Gasteiger partial charge on any atom is -0.354 e. The van der Waals surface area contributed by atoms with Crippen molar-refractivity contribution in [3.05, 3.63) is 94.3 Å². The molecule has 28 heavy (non-hydrogen) atoms. The molecule has 1 aliphatic rings. The van der Waals surface area contributed by atoms with Crippen molar-refractivity contribution in [1.82, 2.24) is 10.3 Å². The molecular weight excluding hydrogens is 348 g/mol. The van der Waals surface area contributed by atoms with Gasteiger partial charge in [0, 0.05) is 17.7 Å². The zero-order chi connectivity index (χ0) is 19.5. The zero-order valence-corrected chi connectivity index (χ0v) is 16.0. The van der Waals surface area contributed by atoms with Crippen molar-refractivity contribution >= 4 is 11.7 Å². The Morgan fingerprint density at radius 1 is 1.04 bits per heavy atom. The van der Waals surface area contributed by atoms with Crippen molar-refractivity contribution in [2.75, 3.05) is 0 Å². The molecule has 2 N–H and O–H groups in total. The molecule has 0 radical (unpaired) electrons. The Hall–Kier alpha value is -3.14. The smallest absolute Gasteiger partial charge is 0.268 e. The highest BCUT2D eigenvalue weighted by molar-refractivity contribution is 6.04. The normalized spacial score (nSPS) is 14.4. The third-order valence-electron chi connectivity index (χ3n) is 5.45. The lowest BCUT2D eigenvalue weighted by Crippen LogP contribution is -2.30. The first-order chi connectivity index (χ1) is 13.6. The molecule has 1 aliphatic carbocycles. The summed E-state index contributed by atoms with van der Waals surface area (Å²) in [6.45, 7) is 1.86. The van der Waals surface area contributed by atoms with E-state index < -0.39 is 0 Å². The Kier molecular flexibility index (Phi) is 5.11. The van der Waals surface area contributed by atoms with E-state index in [1.165, 1.54) is 0 Å². The molecule has 2 aromatic carbocycles. The predicted octanol–water partition coefficient (Wildman–Crippen LogP) is 4.56. The zero-order valence-electron chi connectivity index (χ0n) is 16.0. The molecule has 1 atom stereocenters. The van der Waals surface area contributed by atoms with Crippen LogP contribution in [0.5, 0.6) is 0 Å². The molecule has 0 spiro atoms. The number of nitrogens with one attached hydrogen (secondary N) is 2. The number of amides is 1. The standard InChI is InChI=1S/C24H24N2O2/c1-16-22-19(13-8-14-21(22)27)25-23(16)24(28)26-20(18-11-6-3-7-12-18)15-17-9-4-2-5-10-17/h2-7,9-12,20,25H,8,13-15H2,1H3,(H,26,28)/t20-/m1/s1. The Labute approximate surface area is 165 Å². The number of H-pyrrole nitrogens is 1. The number of hydrogen-bond donors (Lipinski definition) is 2. The molecule has 4 rings (SSSR count). The van der Waals surface area contributed by atoms with Crippen LogP contribution in [0.3, 0.4) is 0 Å². The highest BCUT2D eigenvalue weighted by Gasteiger charge is 2.27. The number of carbonyl (C=O) groups excluding carboxylic acids is 2. The van der Waals surface area contributed by atoms with Gasteiger partial charge in [0.2, 0.25) is 0 Å². The maximum absolute atomic E-state index is 13.1. The number of ketones is 1.